The Morgan fingerprint density at radius 2 is 1.95 bits per heavy atom. The van der Waals surface area contributed by atoms with Gasteiger partial charge in [0, 0.05) is 31.2 Å². The van der Waals surface area contributed by atoms with Crippen LogP contribution in [0.25, 0.3) is 0 Å². The smallest absolute Gasteiger partial charge is 0.237 e. The van der Waals surface area contributed by atoms with Crippen LogP contribution < -0.4 is 10.6 Å². The number of carbonyl (C=O) groups excluding carboxylic acids is 1. The second kappa shape index (κ2) is 5.77. The fraction of sp³-hybridized carbons (Fsp3) is 0.929. The fourth-order valence-electron chi connectivity index (χ4n) is 2.91. The average Bonchev–Trinajstić information content (AvgIpc) is 2.75. The maximum absolute atomic E-state index is 12.0. The lowest BCUT2D eigenvalue weighted by atomic mass is 9.98. The van der Waals surface area contributed by atoms with E-state index in [1.54, 1.807) is 0 Å². The van der Waals surface area contributed by atoms with Gasteiger partial charge in [0.1, 0.15) is 0 Å². The molecule has 0 bridgehead atoms. The second-order valence-electron chi connectivity index (χ2n) is 6.79. The van der Waals surface area contributed by atoms with E-state index in [0.29, 0.717) is 13.0 Å². The molecule has 0 aromatic carbocycles. The van der Waals surface area contributed by atoms with Gasteiger partial charge < -0.3 is 15.7 Å². The van der Waals surface area contributed by atoms with Crippen LogP contribution in [0.3, 0.4) is 0 Å². The summed E-state index contributed by atoms with van der Waals surface area (Å²) in [4.78, 5) is 14.5. The van der Waals surface area contributed by atoms with Crippen molar-refractivity contribution in [3.05, 3.63) is 0 Å². The van der Waals surface area contributed by atoms with Crippen molar-refractivity contribution < 1.29 is 9.90 Å². The average molecular weight is 269 g/mol. The van der Waals surface area contributed by atoms with Gasteiger partial charge in [0.05, 0.1) is 12.1 Å². The molecule has 5 heteroatoms. The third kappa shape index (κ3) is 3.91. The highest BCUT2D eigenvalue weighted by atomic mass is 16.3. The summed E-state index contributed by atoms with van der Waals surface area (Å²) in [5.41, 5.74) is 0.214. The van der Waals surface area contributed by atoms with Gasteiger partial charge in [-0.1, -0.05) is 0 Å². The van der Waals surface area contributed by atoms with Crippen LogP contribution in [0, 0.1) is 0 Å². The van der Waals surface area contributed by atoms with E-state index in [4.69, 9.17) is 0 Å². The molecule has 19 heavy (non-hydrogen) atoms. The number of nitrogens with zero attached hydrogens (tertiary/aromatic N) is 1. The van der Waals surface area contributed by atoms with E-state index < -0.39 is 0 Å². The van der Waals surface area contributed by atoms with Gasteiger partial charge in [-0.3, -0.25) is 9.69 Å². The Morgan fingerprint density at radius 3 is 2.42 bits per heavy atom. The molecule has 2 fully saturated rings. The van der Waals surface area contributed by atoms with Crippen LogP contribution in [0.15, 0.2) is 0 Å². The zero-order chi connectivity index (χ0) is 14.0. The summed E-state index contributed by atoms with van der Waals surface area (Å²) in [6, 6.07) is 0.0706. The third-order valence-electron chi connectivity index (χ3n) is 4.21. The number of nitrogens with one attached hydrogen (secondary N) is 2. The number of β-amino-alcohol motifs (C(OH)–C–C–N with tert-alkyl or cyclic N) is 1. The van der Waals surface area contributed by atoms with Gasteiger partial charge in [-0.05, 0) is 40.0 Å². The number of amides is 1. The van der Waals surface area contributed by atoms with Crippen molar-refractivity contribution in [1.82, 2.24) is 15.5 Å². The molecule has 2 aliphatic rings. The van der Waals surface area contributed by atoms with E-state index in [9.17, 15) is 9.90 Å². The van der Waals surface area contributed by atoms with E-state index in [1.165, 1.54) is 0 Å². The molecule has 2 rings (SSSR count). The van der Waals surface area contributed by atoms with Crippen molar-refractivity contribution in [2.24, 2.45) is 0 Å². The predicted octanol–water partition coefficient (Wildman–Crippen LogP) is 0.0883. The van der Waals surface area contributed by atoms with E-state index >= 15 is 0 Å². The molecule has 0 aromatic heterocycles. The molecule has 3 N–H and O–H groups in total. The van der Waals surface area contributed by atoms with Gasteiger partial charge in [0.25, 0.3) is 0 Å². The minimum absolute atomic E-state index is 0.0470. The van der Waals surface area contributed by atoms with E-state index in [0.717, 1.165) is 25.9 Å². The summed E-state index contributed by atoms with van der Waals surface area (Å²) in [7, 11) is 0. The van der Waals surface area contributed by atoms with Crippen molar-refractivity contribution in [3.8, 4) is 0 Å². The highest BCUT2D eigenvalue weighted by Crippen LogP contribution is 2.20. The Balaban J connectivity index is 1.75. The molecule has 110 valence electrons. The van der Waals surface area contributed by atoms with Crippen LogP contribution in [-0.2, 0) is 4.79 Å². The Labute approximate surface area is 115 Å². The van der Waals surface area contributed by atoms with Crippen molar-refractivity contribution in [2.45, 2.75) is 63.8 Å². The van der Waals surface area contributed by atoms with Crippen LogP contribution in [0.4, 0.5) is 0 Å². The quantitative estimate of drug-likeness (QED) is 0.665. The highest BCUT2D eigenvalue weighted by molar-refractivity contribution is 5.82. The highest BCUT2D eigenvalue weighted by Gasteiger charge is 2.31. The number of piperidine rings is 1. The predicted molar refractivity (Wildman–Crippen MR) is 74.9 cm³/mol. The maximum atomic E-state index is 12.0. The topological polar surface area (TPSA) is 64.6 Å². The Hall–Kier alpha value is -0.650. The summed E-state index contributed by atoms with van der Waals surface area (Å²) in [6.45, 7) is 9.30. The Bertz CT molecular complexity index is 319. The molecule has 0 spiro atoms. The second-order valence-corrected chi connectivity index (χ2v) is 6.79. The van der Waals surface area contributed by atoms with Gasteiger partial charge in [-0.25, -0.2) is 0 Å². The Morgan fingerprint density at radius 1 is 1.32 bits per heavy atom. The molecule has 0 radical (unpaired) electrons. The molecule has 2 aliphatic heterocycles. The molecule has 0 aliphatic carbocycles. The van der Waals surface area contributed by atoms with Crippen LogP contribution in [0.2, 0.25) is 0 Å². The lowest BCUT2D eigenvalue weighted by molar-refractivity contribution is -0.124. The summed E-state index contributed by atoms with van der Waals surface area (Å²) < 4.78 is 0. The van der Waals surface area contributed by atoms with Crippen molar-refractivity contribution >= 4 is 5.91 Å². The number of hydrogen-bond acceptors (Lipinski definition) is 4. The largest absolute Gasteiger partial charge is 0.392 e. The molecule has 1 amide bonds. The van der Waals surface area contributed by atoms with Crippen LogP contribution in [-0.4, -0.2) is 59.3 Å². The third-order valence-corrected chi connectivity index (χ3v) is 4.21. The molecule has 2 unspecified atom stereocenters. The van der Waals surface area contributed by atoms with E-state index in [2.05, 4.69) is 36.3 Å². The molecule has 5 nitrogen and oxygen atoms in total. The van der Waals surface area contributed by atoms with Crippen LogP contribution in [0.1, 0.15) is 40.0 Å². The van der Waals surface area contributed by atoms with Gasteiger partial charge in [-0.2, -0.15) is 0 Å². The van der Waals surface area contributed by atoms with E-state index in [-0.39, 0.29) is 29.6 Å². The van der Waals surface area contributed by atoms with Gasteiger partial charge in [0.15, 0.2) is 0 Å². The minimum Gasteiger partial charge on any atom is -0.392 e. The summed E-state index contributed by atoms with van der Waals surface area (Å²) in [5.74, 6) is 0.0470. The molecule has 2 heterocycles. The number of aliphatic hydroxyl groups excluding tert-OH is 1. The first kappa shape index (κ1) is 14.8. The monoisotopic (exact) mass is 269 g/mol. The van der Waals surface area contributed by atoms with Crippen LogP contribution >= 0.6 is 0 Å². The fourth-order valence-corrected chi connectivity index (χ4v) is 2.91. The summed E-state index contributed by atoms with van der Waals surface area (Å²) in [5, 5.41) is 15.6. The SMILES string of the molecule is CC(C)(C)N1CCC(NC(=O)C2CC(O)CN2)CC1. The Kier molecular flexibility index (Phi) is 4.48. The number of aliphatic hydroxyl groups is 1. The molecule has 0 saturated carbocycles. The van der Waals surface area contributed by atoms with Gasteiger partial charge in [0.2, 0.25) is 5.91 Å². The number of likely N-dealkylation sites (tertiary alicyclic amines) is 1. The first-order chi connectivity index (χ1) is 8.86. The van der Waals surface area contributed by atoms with Crippen molar-refractivity contribution in [3.63, 3.8) is 0 Å². The number of hydrogen-bond donors (Lipinski definition) is 3. The number of carbonyl (C=O) groups is 1. The minimum atomic E-state index is -0.376. The zero-order valence-electron chi connectivity index (χ0n) is 12.3. The lowest BCUT2D eigenvalue weighted by Crippen LogP contribution is -2.53. The maximum Gasteiger partial charge on any atom is 0.237 e. The standard InChI is InChI=1S/C14H27N3O2/c1-14(2,3)17-6-4-10(5-7-17)16-13(19)12-8-11(18)9-15-12/h10-12,15,18H,4-9H2,1-3H3,(H,16,19). The first-order valence-corrected chi connectivity index (χ1v) is 7.33. The lowest BCUT2D eigenvalue weighted by Gasteiger charge is -2.41. The first-order valence-electron chi connectivity index (χ1n) is 7.33. The van der Waals surface area contributed by atoms with Gasteiger partial charge in [-0.15, -0.1) is 0 Å². The molecule has 0 aromatic rings. The summed E-state index contributed by atoms with van der Waals surface area (Å²) >= 11 is 0. The molecular weight excluding hydrogens is 242 g/mol. The number of rotatable bonds is 2. The van der Waals surface area contributed by atoms with Gasteiger partial charge >= 0.3 is 0 Å². The van der Waals surface area contributed by atoms with E-state index in [1.807, 2.05) is 0 Å². The normalized spacial score (nSPS) is 30.5. The zero-order valence-corrected chi connectivity index (χ0v) is 12.3. The summed E-state index contributed by atoms with van der Waals surface area (Å²) in [6.07, 6.45) is 2.18. The molecule has 2 atom stereocenters. The van der Waals surface area contributed by atoms with Crippen molar-refractivity contribution in [2.75, 3.05) is 19.6 Å². The van der Waals surface area contributed by atoms with Crippen LogP contribution in [0.5, 0.6) is 0 Å². The molecular formula is C14H27N3O2. The molecule has 2 saturated heterocycles. The van der Waals surface area contributed by atoms with Crippen molar-refractivity contribution in [1.29, 1.82) is 0 Å².